The van der Waals surface area contributed by atoms with Gasteiger partial charge < -0.3 is 10.4 Å². The minimum Gasteiger partial charge on any atom is -0.390 e. The molecule has 2 atom stereocenters. The average Bonchev–Trinajstić information content (AvgIpc) is 2.77. The summed E-state index contributed by atoms with van der Waals surface area (Å²) in [6, 6.07) is 3.13. The Morgan fingerprint density at radius 1 is 1.42 bits per heavy atom. The maximum atomic E-state index is 13.3. The Bertz CT molecular complexity index is 576. The van der Waals surface area contributed by atoms with Gasteiger partial charge in [0.25, 0.3) is 0 Å². The van der Waals surface area contributed by atoms with Crippen molar-refractivity contribution in [1.29, 1.82) is 0 Å². The van der Waals surface area contributed by atoms with Crippen molar-refractivity contribution in [3.05, 3.63) is 29.6 Å². The molecule has 106 valence electrons. The van der Waals surface area contributed by atoms with Gasteiger partial charge in [-0.1, -0.05) is 6.07 Å². The molecule has 0 aliphatic carbocycles. The minimum absolute atomic E-state index is 0.0610. The second-order valence-corrected chi connectivity index (χ2v) is 6.69. The van der Waals surface area contributed by atoms with Gasteiger partial charge in [0.1, 0.15) is 5.82 Å². The van der Waals surface area contributed by atoms with Gasteiger partial charge in [-0.3, -0.25) is 0 Å². The molecular weight excluding hydrogens is 271 g/mol. The van der Waals surface area contributed by atoms with E-state index in [1.54, 1.807) is 6.92 Å². The smallest absolute Gasteiger partial charge is 0.243 e. The van der Waals surface area contributed by atoms with Crippen molar-refractivity contribution >= 4 is 10.0 Å². The van der Waals surface area contributed by atoms with E-state index in [0.717, 1.165) is 10.4 Å². The van der Waals surface area contributed by atoms with Crippen LogP contribution in [0.25, 0.3) is 0 Å². The van der Waals surface area contributed by atoms with E-state index < -0.39 is 28.0 Å². The fraction of sp³-hybridized carbons (Fsp3) is 0.500. The van der Waals surface area contributed by atoms with Crippen LogP contribution in [0.1, 0.15) is 5.56 Å². The molecule has 1 fully saturated rings. The third kappa shape index (κ3) is 2.64. The lowest BCUT2D eigenvalue weighted by atomic mass is 10.2. The SMILES string of the molecule is Cc1ccc(F)cc1S(=O)(=O)N(C)[C@@H]1CNC[C@H]1O. The summed E-state index contributed by atoms with van der Waals surface area (Å²) in [5.41, 5.74) is 0.480. The van der Waals surface area contributed by atoms with Crippen LogP contribution in [0.5, 0.6) is 0 Å². The van der Waals surface area contributed by atoms with Crippen LogP contribution in [0.2, 0.25) is 0 Å². The van der Waals surface area contributed by atoms with E-state index in [1.165, 1.54) is 19.2 Å². The normalized spacial score (nSPS) is 24.1. The number of rotatable bonds is 3. The number of benzene rings is 1. The van der Waals surface area contributed by atoms with Crippen LogP contribution in [-0.4, -0.2) is 50.1 Å². The van der Waals surface area contributed by atoms with Gasteiger partial charge in [0.2, 0.25) is 10.0 Å². The zero-order valence-corrected chi connectivity index (χ0v) is 11.6. The lowest BCUT2D eigenvalue weighted by molar-refractivity contribution is 0.136. The first-order valence-electron chi connectivity index (χ1n) is 5.97. The molecule has 1 aromatic carbocycles. The van der Waals surface area contributed by atoms with Crippen LogP contribution in [0, 0.1) is 12.7 Å². The molecular formula is C12H17FN2O3S. The van der Waals surface area contributed by atoms with Gasteiger partial charge in [0, 0.05) is 20.1 Å². The molecule has 0 radical (unpaired) electrons. The van der Waals surface area contributed by atoms with E-state index in [0.29, 0.717) is 18.7 Å². The summed E-state index contributed by atoms with van der Waals surface area (Å²) in [5, 5.41) is 12.7. The van der Waals surface area contributed by atoms with Crippen LogP contribution in [0.15, 0.2) is 23.1 Å². The molecule has 19 heavy (non-hydrogen) atoms. The Morgan fingerprint density at radius 2 is 2.11 bits per heavy atom. The summed E-state index contributed by atoms with van der Waals surface area (Å²) in [7, 11) is -2.41. The number of aliphatic hydroxyl groups is 1. The molecule has 1 saturated heterocycles. The quantitative estimate of drug-likeness (QED) is 0.827. The van der Waals surface area contributed by atoms with Crippen molar-refractivity contribution in [2.75, 3.05) is 20.1 Å². The van der Waals surface area contributed by atoms with Crippen LogP contribution in [0.3, 0.4) is 0 Å². The molecule has 2 N–H and O–H groups in total. The summed E-state index contributed by atoms with van der Waals surface area (Å²) in [4.78, 5) is -0.0610. The summed E-state index contributed by atoms with van der Waals surface area (Å²) in [5.74, 6) is -0.595. The first kappa shape index (κ1) is 14.4. The van der Waals surface area contributed by atoms with E-state index in [9.17, 15) is 17.9 Å². The van der Waals surface area contributed by atoms with Crippen LogP contribution < -0.4 is 5.32 Å². The first-order valence-corrected chi connectivity index (χ1v) is 7.41. The molecule has 1 aliphatic rings. The molecule has 5 nitrogen and oxygen atoms in total. The Morgan fingerprint density at radius 3 is 2.68 bits per heavy atom. The molecule has 0 amide bonds. The summed E-state index contributed by atoms with van der Waals surface area (Å²) in [6.45, 7) is 2.35. The van der Waals surface area contributed by atoms with Gasteiger partial charge in [-0.05, 0) is 24.6 Å². The van der Waals surface area contributed by atoms with Crippen LogP contribution in [0.4, 0.5) is 4.39 Å². The molecule has 1 aromatic rings. The number of β-amino-alcohol motifs (C(OH)–C–C–N with tert-alkyl or cyclic N) is 1. The number of likely N-dealkylation sites (N-methyl/N-ethyl adjacent to an activating group) is 1. The van der Waals surface area contributed by atoms with Crippen molar-refractivity contribution in [2.45, 2.75) is 24.0 Å². The number of aryl methyl sites for hydroxylation is 1. The molecule has 0 aromatic heterocycles. The number of sulfonamides is 1. The van der Waals surface area contributed by atoms with Crippen molar-refractivity contribution in [3.63, 3.8) is 0 Å². The monoisotopic (exact) mass is 288 g/mol. The standard InChI is InChI=1S/C12H17FN2O3S/c1-8-3-4-9(13)5-12(8)19(17,18)15(2)10-6-14-7-11(10)16/h3-5,10-11,14,16H,6-7H2,1-2H3/t10-,11-/m1/s1. The van der Waals surface area contributed by atoms with Gasteiger partial charge in [-0.2, -0.15) is 4.31 Å². The second kappa shape index (κ2) is 5.16. The average molecular weight is 288 g/mol. The van der Waals surface area contributed by atoms with E-state index in [2.05, 4.69) is 5.32 Å². The fourth-order valence-corrected chi connectivity index (χ4v) is 3.83. The lowest BCUT2D eigenvalue weighted by Crippen LogP contribution is -2.44. The molecule has 1 heterocycles. The molecule has 0 saturated carbocycles. The number of hydrogen-bond donors (Lipinski definition) is 2. The van der Waals surface area contributed by atoms with Gasteiger partial charge in [0.05, 0.1) is 17.0 Å². The van der Waals surface area contributed by atoms with Crippen LogP contribution >= 0.6 is 0 Å². The minimum atomic E-state index is -3.82. The molecule has 0 spiro atoms. The molecule has 7 heteroatoms. The highest BCUT2D eigenvalue weighted by Crippen LogP contribution is 2.23. The third-order valence-corrected chi connectivity index (χ3v) is 5.45. The zero-order chi connectivity index (χ0) is 14.2. The Labute approximate surface area is 112 Å². The Balaban J connectivity index is 2.39. The Hall–Kier alpha value is -1.02. The molecule has 2 rings (SSSR count). The fourth-order valence-electron chi connectivity index (χ4n) is 2.21. The van der Waals surface area contributed by atoms with E-state index in [4.69, 9.17) is 0 Å². The van der Waals surface area contributed by atoms with Crippen molar-refractivity contribution in [2.24, 2.45) is 0 Å². The van der Waals surface area contributed by atoms with Gasteiger partial charge in [-0.15, -0.1) is 0 Å². The van der Waals surface area contributed by atoms with Crippen molar-refractivity contribution in [3.8, 4) is 0 Å². The molecule has 1 aliphatic heterocycles. The second-order valence-electron chi connectivity index (χ2n) is 4.72. The van der Waals surface area contributed by atoms with Crippen molar-refractivity contribution < 1.29 is 17.9 Å². The predicted molar refractivity (Wildman–Crippen MR) is 68.8 cm³/mol. The highest BCUT2D eigenvalue weighted by atomic mass is 32.2. The largest absolute Gasteiger partial charge is 0.390 e. The molecule has 0 bridgehead atoms. The van der Waals surface area contributed by atoms with E-state index >= 15 is 0 Å². The maximum absolute atomic E-state index is 13.3. The van der Waals surface area contributed by atoms with Gasteiger partial charge in [-0.25, -0.2) is 12.8 Å². The van der Waals surface area contributed by atoms with Crippen LogP contribution in [-0.2, 0) is 10.0 Å². The predicted octanol–water partition coefficient (Wildman–Crippen LogP) is 0.0873. The topological polar surface area (TPSA) is 69.6 Å². The molecule has 0 unspecified atom stereocenters. The number of nitrogens with zero attached hydrogens (tertiary/aromatic N) is 1. The van der Waals surface area contributed by atoms with E-state index in [-0.39, 0.29) is 4.90 Å². The summed E-state index contributed by atoms with van der Waals surface area (Å²) in [6.07, 6.45) is -0.756. The number of halogens is 1. The van der Waals surface area contributed by atoms with Gasteiger partial charge >= 0.3 is 0 Å². The summed E-state index contributed by atoms with van der Waals surface area (Å²) >= 11 is 0. The summed E-state index contributed by atoms with van der Waals surface area (Å²) < 4.78 is 39.3. The lowest BCUT2D eigenvalue weighted by Gasteiger charge is -2.26. The highest BCUT2D eigenvalue weighted by molar-refractivity contribution is 7.89. The van der Waals surface area contributed by atoms with Gasteiger partial charge in [0.15, 0.2) is 0 Å². The van der Waals surface area contributed by atoms with Crippen molar-refractivity contribution in [1.82, 2.24) is 9.62 Å². The Kier molecular flexibility index (Phi) is 3.91. The van der Waals surface area contributed by atoms with E-state index in [1.807, 2.05) is 0 Å². The number of hydrogen-bond acceptors (Lipinski definition) is 4. The zero-order valence-electron chi connectivity index (χ0n) is 10.8. The number of aliphatic hydroxyl groups excluding tert-OH is 1. The first-order chi connectivity index (χ1) is 8.84. The maximum Gasteiger partial charge on any atom is 0.243 e. The third-order valence-electron chi connectivity index (χ3n) is 3.43. The number of nitrogens with one attached hydrogen (secondary N) is 1. The highest BCUT2D eigenvalue weighted by Gasteiger charge is 2.36.